The Morgan fingerprint density at radius 3 is 2.37 bits per heavy atom. The molecule has 3 rings (SSSR count). The maximum absolute atomic E-state index is 12.4. The summed E-state index contributed by atoms with van der Waals surface area (Å²) in [4.78, 5) is 20.4. The predicted octanol–water partition coefficient (Wildman–Crippen LogP) is 2.80. The highest BCUT2D eigenvalue weighted by Gasteiger charge is 2.51. The molecule has 0 atom stereocenters. The van der Waals surface area contributed by atoms with Gasteiger partial charge in [0.1, 0.15) is 0 Å². The predicted molar refractivity (Wildman–Crippen MR) is 73.0 cm³/mol. The highest BCUT2D eigenvalue weighted by Crippen LogP contribution is 2.49. The van der Waals surface area contributed by atoms with Crippen LogP contribution in [0.15, 0.2) is 42.7 Å². The number of nitrogens with zero attached hydrogens (tertiary/aromatic N) is 2. The van der Waals surface area contributed by atoms with E-state index < -0.39 is 5.41 Å². The van der Waals surface area contributed by atoms with Gasteiger partial charge in [-0.15, -0.1) is 0 Å². The number of aromatic nitrogens is 2. The zero-order chi connectivity index (χ0) is 13.3. The molecule has 2 aromatic rings. The van der Waals surface area contributed by atoms with Crippen molar-refractivity contribution in [2.45, 2.75) is 18.3 Å². The van der Waals surface area contributed by atoms with E-state index in [-0.39, 0.29) is 5.91 Å². The fourth-order valence-electron chi connectivity index (χ4n) is 2.13. The zero-order valence-corrected chi connectivity index (χ0v) is 10.9. The van der Waals surface area contributed by atoms with E-state index >= 15 is 0 Å². The second-order valence-corrected chi connectivity index (χ2v) is 5.05. The van der Waals surface area contributed by atoms with Crippen molar-refractivity contribution >= 4 is 23.5 Å². The number of halogens is 1. The van der Waals surface area contributed by atoms with Crippen molar-refractivity contribution in [3.63, 3.8) is 0 Å². The summed E-state index contributed by atoms with van der Waals surface area (Å²) in [5.41, 5.74) is 0.550. The van der Waals surface area contributed by atoms with Gasteiger partial charge in [0, 0.05) is 17.4 Å². The third-order valence-corrected chi connectivity index (χ3v) is 3.62. The summed E-state index contributed by atoms with van der Waals surface area (Å²) in [7, 11) is 0. The van der Waals surface area contributed by atoms with Crippen molar-refractivity contribution in [1.82, 2.24) is 9.97 Å². The van der Waals surface area contributed by atoms with Gasteiger partial charge in [-0.1, -0.05) is 23.7 Å². The molecular weight excluding hydrogens is 262 g/mol. The second-order valence-electron chi connectivity index (χ2n) is 4.62. The fraction of sp³-hybridized carbons (Fsp3) is 0.214. The Hall–Kier alpha value is -1.94. The molecule has 1 saturated carbocycles. The van der Waals surface area contributed by atoms with Crippen LogP contribution in [0.4, 0.5) is 5.95 Å². The third-order valence-electron chi connectivity index (χ3n) is 3.37. The first-order chi connectivity index (χ1) is 9.21. The van der Waals surface area contributed by atoms with Crippen molar-refractivity contribution < 1.29 is 4.79 Å². The van der Waals surface area contributed by atoms with E-state index in [1.165, 1.54) is 0 Å². The molecule has 1 aliphatic carbocycles. The van der Waals surface area contributed by atoms with Gasteiger partial charge < -0.3 is 0 Å². The smallest absolute Gasteiger partial charge is 0.237 e. The van der Waals surface area contributed by atoms with Crippen LogP contribution in [-0.4, -0.2) is 15.9 Å². The first kappa shape index (κ1) is 12.1. The van der Waals surface area contributed by atoms with Crippen LogP contribution >= 0.6 is 11.6 Å². The lowest BCUT2D eigenvalue weighted by Crippen LogP contribution is -2.28. The van der Waals surface area contributed by atoms with Gasteiger partial charge in [-0.25, -0.2) is 9.97 Å². The van der Waals surface area contributed by atoms with E-state index in [1.807, 2.05) is 24.3 Å². The SMILES string of the molecule is O=C(Nc1ncccn1)C1(c2ccc(Cl)cc2)CC1. The molecule has 0 unspecified atom stereocenters. The van der Waals surface area contributed by atoms with Crippen molar-refractivity contribution in [3.8, 4) is 0 Å². The molecule has 0 aliphatic heterocycles. The van der Waals surface area contributed by atoms with E-state index in [1.54, 1.807) is 18.5 Å². The summed E-state index contributed by atoms with van der Waals surface area (Å²) in [5.74, 6) is 0.286. The van der Waals surface area contributed by atoms with Crippen LogP contribution in [0.3, 0.4) is 0 Å². The number of anilines is 1. The molecule has 96 valence electrons. The minimum absolute atomic E-state index is 0.0546. The molecule has 0 bridgehead atoms. The molecule has 1 amide bonds. The summed E-state index contributed by atoms with van der Waals surface area (Å²) in [6, 6.07) is 9.13. The van der Waals surface area contributed by atoms with Gasteiger partial charge in [-0.3, -0.25) is 10.1 Å². The lowest BCUT2D eigenvalue weighted by atomic mass is 9.95. The number of carbonyl (C=O) groups excluding carboxylic acids is 1. The molecule has 0 spiro atoms. The van der Waals surface area contributed by atoms with Gasteiger partial charge in [0.05, 0.1) is 5.41 Å². The normalized spacial score (nSPS) is 15.8. The fourth-order valence-corrected chi connectivity index (χ4v) is 2.25. The van der Waals surface area contributed by atoms with E-state index in [4.69, 9.17) is 11.6 Å². The van der Waals surface area contributed by atoms with E-state index in [9.17, 15) is 4.79 Å². The molecule has 1 aliphatic rings. The van der Waals surface area contributed by atoms with Crippen LogP contribution < -0.4 is 5.32 Å². The van der Waals surface area contributed by atoms with Gasteiger partial charge in [0.15, 0.2) is 0 Å². The molecule has 1 heterocycles. The number of hydrogen-bond donors (Lipinski definition) is 1. The lowest BCUT2D eigenvalue weighted by Gasteiger charge is -2.14. The van der Waals surface area contributed by atoms with Crippen molar-refractivity contribution in [2.24, 2.45) is 0 Å². The largest absolute Gasteiger partial charge is 0.294 e. The molecule has 1 aromatic carbocycles. The van der Waals surface area contributed by atoms with E-state index in [0.717, 1.165) is 18.4 Å². The molecule has 19 heavy (non-hydrogen) atoms. The van der Waals surface area contributed by atoms with Crippen LogP contribution in [-0.2, 0) is 10.2 Å². The highest BCUT2D eigenvalue weighted by atomic mass is 35.5. The number of amides is 1. The summed E-state index contributed by atoms with van der Waals surface area (Å²) in [6.45, 7) is 0. The quantitative estimate of drug-likeness (QED) is 0.936. The average molecular weight is 274 g/mol. The Kier molecular flexibility index (Phi) is 2.95. The molecule has 1 fully saturated rings. The van der Waals surface area contributed by atoms with Gasteiger partial charge in [-0.05, 0) is 36.6 Å². The Balaban J connectivity index is 1.81. The first-order valence-corrected chi connectivity index (χ1v) is 6.43. The summed E-state index contributed by atoms with van der Waals surface area (Å²) < 4.78 is 0. The molecule has 0 radical (unpaired) electrons. The van der Waals surface area contributed by atoms with Crippen LogP contribution in [0, 0.1) is 0 Å². The van der Waals surface area contributed by atoms with E-state index in [2.05, 4.69) is 15.3 Å². The van der Waals surface area contributed by atoms with Crippen LogP contribution in [0.5, 0.6) is 0 Å². The number of carbonyl (C=O) groups is 1. The standard InChI is InChI=1S/C14H12ClN3O/c15-11-4-2-10(3-5-11)14(6-7-14)12(19)18-13-16-8-1-9-17-13/h1-5,8-9H,6-7H2,(H,16,17,18,19). The molecular formula is C14H12ClN3O. The highest BCUT2D eigenvalue weighted by molar-refractivity contribution is 6.30. The van der Waals surface area contributed by atoms with Crippen molar-refractivity contribution in [3.05, 3.63) is 53.3 Å². The summed E-state index contributed by atoms with van der Waals surface area (Å²) in [6.07, 6.45) is 4.88. The first-order valence-electron chi connectivity index (χ1n) is 6.05. The van der Waals surface area contributed by atoms with Crippen LogP contribution in [0.25, 0.3) is 0 Å². The van der Waals surface area contributed by atoms with Gasteiger partial charge >= 0.3 is 0 Å². The Morgan fingerprint density at radius 1 is 1.16 bits per heavy atom. The average Bonchev–Trinajstić information content (AvgIpc) is 3.22. The second kappa shape index (κ2) is 4.63. The Morgan fingerprint density at radius 2 is 1.79 bits per heavy atom. The number of hydrogen-bond acceptors (Lipinski definition) is 3. The van der Waals surface area contributed by atoms with Crippen molar-refractivity contribution in [1.29, 1.82) is 0 Å². The molecule has 1 aromatic heterocycles. The lowest BCUT2D eigenvalue weighted by molar-refractivity contribution is -0.118. The Labute approximate surface area is 115 Å². The third kappa shape index (κ3) is 2.31. The van der Waals surface area contributed by atoms with Crippen molar-refractivity contribution in [2.75, 3.05) is 5.32 Å². The minimum atomic E-state index is -0.441. The Bertz CT molecular complexity index is 594. The zero-order valence-electron chi connectivity index (χ0n) is 10.1. The number of nitrogens with one attached hydrogen (secondary N) is 1. The summed E-state index contributed by atoms with van der Waals surface area (Å²) >= 11 is 5.87. The summed E-state index contributed by atoms with van der Waals surface area (Å²) in [5, 5.41) is 3.44. The maximum atomic E-state index is 12.4. The van der Waals surface area contributed by atoms with Gasteiger partial charge in [0.2, 0.25) is 11.9 Å². The van der Waals surface area contributed by atoms with Gasteiger partial charge in [0.25, 0.3) is 0 Å². The van der Waals surface area contributed by atoms with Crippen LogP contribution in [0.1, 0.15) is 18.4 Å². The van der Waals surface area contributed by atoms with E-state index in [0.29, 0.717) is 11.0 Å². The monoisotopic (exact) mass is 273 g/mol. The number of rotatable bonds is 3. The van der Waals surface area contributed by atoms with Gasteiger partial charge in [-0.2, -0.15) is 0 Å². The van der Waals surface area contributed by atoms with Crippen LogP contribution in [0.2, 0.25) is 5.02 Å². The minimum Gasteiger partial charge on any atom is -0.294 e. The molecule has 0 saturated heterocycles. The number of benzene rings is 1. The molecule has 5 heteroatoms. The molecule has 4 nitrogen and oxygen atoms in total. The molecule has 1 N–H and O–H groups in total. The maximum Gasteiger partial charge on any atom is 0.237 e. The topological polar surface area (TPSA) is 54.9 Å².